The van der Waals surface area contributed by atoms with Crippen LogP contribution in [0.1, 0.15) is 30.1 Å². The highest BCUT2D eigenvalue weighted by molar-refractivity contribution is 7.89. The minimum atomic E-state index is -3.53. The second-order valence-corrected chi connectivity index (χ2v) is 6.63. The third-order valence-corrected chi connectivity index (χ3v) is 4.94. The first-order chi connectivity index (χ1) is 9.43. The Bertz CT molecular complexity index is 555. The normalized spacial score (nSPS) is 11.8. The van der Waals surface area contributed by atoms with Crippen LogP contribution in [-0.4, -0.2) is 45.7 Å². The number of ketones is 1. The Labute approximate surface area is 121 Å². The highest BCUT2D eigenvalue weighted by atomic mass is 32.2. The van der Waals surface area contributed by atoms with Crippen LogP contribution in [0.3, 0.4) is 0 Å². The second-order valence-electron chi connectivity index (χ2n) is 4.59. The molecule has 5 nitrogen and oxygen atoms in total. The van der Waals surface area contributed by atoms with Crippen molar-refractivity contribution in [3.8, 4) is 0 Å². The average Bonchev–Trinajstić information content (AvgIpc) is 2.46. The lowest BCUT2D eigenvalue weighted by atomic mass is 10.1. The van der Waals surface area contributed by atoms with Gasteiger partial charge in [0.1, 0.15) is 0 Å². The molecule has 1 aromatic rings. The first kappa shape index (κ1) is 16.8. The van der Waals surface area contributed by atoms with Crippen molar-refractivity contribution in [2.45, 2.75) is 24.7 Å². The SMILES string of the molecule is CCC(=O)c1cccc(S(=O)(=O)N(C)CCCNC)c1. The lowest BCUT2D eigenvalue weighted by Crippen LogP contribution is -2.29. The number of sulfonamides is 1. The van der Waals surface area contributed by atoms with Gasteiger partial charge in [0.15, 0.2) is 5.78 Å². The molecule has 20 heavy (non-hydrogen) atoms. The van der Waals surface area contributed by atoms with E-state index in [9.17, 15) is 13.2 Å². The Hall–Kier alpha value is -1.24. The number of nitrogens with zero attached hydrogens (tertiary/aromatic N) is 1. The lowest BCUT2D eigenvalue weighted by molar-refractivity contribution is 0.0988. The van der Waals surface area contributed by atoms with Crippen molar-refractivity contribution >= 4 is 15.8 Å². The molecule has 0 spiro atoms. The zero-order chi connectivity index (χ0) is 15.2. The molecule has 1 aromatic carbocycles. The van der Waals surface area contributed by atoms with Gasteiger partial charge in [-0.1, -0.05) is 19.1 Å². The average molecular weight is 298 g/mol. The molecule has 0 saturated heterocycles. The monoisotopic (exact) mass is 298 g/mol. The van der Waals surface area contributed by atoms with Crippen LogP contribution in [0.15, 0.2) is 29.2 Å². The zero-order valence-corrected chi connectivity index (χ0v) is 13.0. The topological polar surface area (TPSA) is 66.5 Å². The fourth-order valence-electron chi connectivity index (χ4n) is 1.81. The molecule has 1 N–H and O–H groups in total. The quantitative estimate of drug-likeness (QED) is 0.583. The maximum atomic E-state index is 12.4. The zero-order valence-electron chi connectivity index (χ0n) is 12.2. The van der Waals surface area contributed by atoms with Crippen molar-refractivity contribution in [1.82, 2.24) is 9.62 Å². The van der Waals surface area contributed by atoms with E-state index in [1.54, 1.807) is 26.1 Å². The summed E-state index contributed by atoms with van der Waals surface area (Å²) in [6, 6.07) is 6.23. The van der Waals surface area contributed by atoms with Crippen LogP contribution < -0.4 is 5.32 Å². The molecule has 0 aliphatic rings. The van der Waals surface area contributed by atoms with E-state index in [2.05, 4.69) is 5.32 Å². The largest absolute Gasteiger partial charge is 0.320 e. The van der Waals surface area contributed by atoms with Gasteiger partial charge in [0.05, 0.1) is 4.90 Å². The fourth-order valence-corrected chi connectivity index (χ4v) is 3.07. The summed E-state index contributed by atoms with van der Waals surface area (Å²) in [7, 11) is -0.148. The Morgan fingerprint density at radius 3 is 2.65 bits per heavy atom. The maximum Gasteiger partial charge on any atom is 0.242 e. The van der Waals surface area contributed by atoms with Gasteiger partial charge in [0.2, 0.25) is 10.0 Å². The molecule has 6 heteroatoms. The number of rotatable bonds is 8. The van der Waals surface area contributed by atoms with E-state index >= 15 is 0 Å². The summed E-state index contributed by atoms with van der Waals surface area (Å²) in [5, 5.41) is 2.98. The van der Waals surface area contributed by atoms with Crippen LogP contribution in [0.4, 0.5) is 0 Å². The van der Waals surface area contributed by atoms with E-state index in [0.29, 0.717) is 18.5 Å². The molecule has 112 valence electrons. The number of hydrogen-bond donors (Lipinski definition) is 1. The minimum Gasteiger partial charge on any atom is -0.320 e. The molecule has 0 fully saturated rings. The molecule has 0 atom stereocenters. The summed E-state index contributed by atoms with van der Waals surface area (Å²) in [4.78, 5) is 11.8. The first-order valence-electron chi connectivity index (χ1n) is 6.67. The molecule has 0 aromatic heterocycles. The summed E-state index contributed by atoms with van der Waals surface area (Å²) in [6.07, 6.45) is 1.10. The second kappa shape index (κ2) is 7.52. The number of carbonyl (C=O) groups excluding carboxylic acids is 1. The van der Waals surface area contributed by atoms with Gasteiger partial charge in [-0.05, 0) is 32.1 Å². The first-order valence-corrected chi connectivity index (χ1v) is 8.11. The minimum absolute atomic E-state index is 0.0557. The van der Waals surface area contributed by atoms with E-state index in [0.717, 1.165) is 13.0 Å². The van der Waals surface area contributed by atoms with Crippen LogP contribution in [0.25, 0.3) is 0 Å². The molecule has 0 bridgehead atoms. The third-order valence-electron chi connectivity index (χ3n) is 3.09. The van der Waals surface area contributed by atoms with Gasteiger partial charge in [-0.3, -0.25) is 4.79 Å². The van der Waals surface area contributed by atoms with E-state index in [1.165, 1.54) is 16.4 Å². The number of Topliss-reactive ketones (excluding diaryl/α,β-unsaturated/α-hetero) is 1. The molecular weight excluding hydrogens is 276 g/mol. The van der Waals surface area contributed by atoms with Gasteiger partial charge in [0.25, 0.3) is 0 Å². The van der Waals surface area contributed by atoms with Crippen molar-refractivity contribution < 1.29 is 13.2 Å². The van der Waals surface area contributed by atoms with Gasteiger partial charge in [0, 0.05) is 25.6 Å². The molecule has 0 unspecified atom stereocenters. The Kier molecular flexibility index (Phi) is 6.32. The van der Waals surface area contributed by atoms with Crippen LogP contribution in [0, 0.1) is 0 Å². The van der Waals surface area contributed by atoms with Crippen molar-refractivity contribution in [1.29, 1.82) is 0 Å². The van der Waals surface area contributed by atoms with E-state index in [-0.39, 0.29) is 10.7 Å². The third kappa shape index (κ3) is 4.13. The Morgan fingerprint density at radius 1 is 1.35 bits per heavy atom. The summed E-state index contributed by atoms with van der Waals surface area (Å²) < 4.78 is 26.1. The van der Waals surface area contributed by atoms with Crippen molar-refractivity contribution in [3.05, 3.63) is 29.8 Å². The van der Waals surface area contributed by atoms with Gasteiger partial charge in [-0.25, -0.2) is 12.7 Å². The van der Waals surface area contributed by atoms with Crippen LogP contribution in [-0.2, 0) is 10.0 Å². The van der Waals surface area contributed by atoms with E-state index in [4.69, 9.17) is 0 Å². The molecule has 0 aliphatic carbocycles. The molecule has 0 heterocycles. The number of nitrogens with one attached hydrogen (secondary N) is 1. The number of benzene rings is 1. The van der Waals surface area contributed by atoms with Crippen molar-refractivity contribution in [2.75, 3.05) is 27.2 Å². The van der Waals surface area contributed by atoms with Crippen molar-refractivity contribution in [3.63, 3.8) is 0 Å². The molecule has 0 radical (unpaired) electrons. The summed E-state index contributed by atoms with van der Waals surface area (Å²) >= 11 is 0. The predicted octanol–water partition coefficient (Wildman–Crippen LogP) is 1.51. The summed E-state index contributed by atoms with van der Waals surface area (Å²) in [5.74, 6) is -0.0557. The maximum absolute atomic E-state index is 12.4. The van der Waals surface area contributed by atoms with Gasteiger partial charge < -0.3 is 5.32 Å². The van der Waals surface area contributed by atoms with Crippen LogP contribution in [0.5, 0.6) is 0 Å². The standard InChI is InChI=1S/C14H22N2O3S/c1-4-14(17)12-7-5-8-13(11-12)20(18,19)16(3)10-6-9-15-2/h5,7-8,11,15H,4,6,9-10H2,1-3H3. The summed E-state index contributed by atoms with van der Waals surface area (Å²) in [5.41, 5.74) is 0.442. The summed E-state index contributed by atoms with van der Waals surface area (Å²) in [6.45, 7) is 2.96. The number of hydrogen-bond acceptors (Lipinski definition) is 4. The molecule has 1 rings (SSSR count). The number of carbonyl (C=O) groups is 1. The molecule has 0 amide bonds. The van der Waals surface area contributed by atoms with E-state index in [1.807, 2.05) is 7.05 Å². The van der Waals surface area contributed by atoms with Gasteiger partial charge in [-0.15, -0.1) is 0 Å². The van der Waals surface area contributed by atoms with E-state index < -0.39 is 10.0 Å². The highest BCUT2D eigenvalue weighted by Gasteiger charge is 2.21. The smallest absolute Gasteiger partial charge is 0.242 e. The van der Waals surface area contributed by atoms with Crippen LogP contribution in [0.2, 0.25) is 0 Å². The molecule has 0 aliphatic heterocycles. The Morgan fingerprint density at radius 2 is 2.05 bits per heavy atom. The van der Waals surface area contributed by atoms with Crippen LogP contribution >= 0.6 is 0 Å². The van der Waals surface area contributed by atoms with Crippen molar-refractivity contribution in [2.24, 2.45) is 0 Å². The fraction of sp³-hybridized carbons (Fsp3) is 0.500. The lowest BCUT2D eigenvalue weighted by Gasteiger charge is -2.17. The van der Waals surface area contributed by atoms with Gasteiger partial charge in [-0.2, -0.15) is 0 Å². The van der Waals surface area contributed by atoms with Gasteiger partial charge >= 0.3 is 0 Å². The highest BCUT2D eigenvalue weighted by Crippen LogP contribution is 2.17. The molecule has 0 saturated carbocycles. The predicted molar refractivity (Wildman–Crippen MR) is 79.4 cm³/mol. The Balaban J connectivity index is 2.94. The molecular formula is C14H22N2O3S.